The van der Waals surface area contributed by atoms with Crippen molar-refractivity contribution in [3.63, 3.8) is 0 Å². The van der Waals surface area contributed by atoms with E-state index in [1.807, 2.05) is 48.5 Å². The van der Waals surface area contributed by atoms with Gasteiger partial charge in [-0.25, -0.2) is 0 Å². The fourth-order valence-electron chi connectivity index (χ4n) is 4.09. The minimum atomic E-state index is -0.188. The molecule has 0 bridgehead atoms. The Hall–Kier alpha value is -2.24. The summed E-state index contributed by atoms with van der Waals surface area (Å²) in [5, 5.41) is 2.43. The molecule has 0 aliphatic carbocycles. The molecule has 0 saturated carbocycles. The largest absolute Gasteiger partial charge is 0.308 e. The number of benzene rings is 3. The van der Waals surface area contributed by atoms with E-state index in [2.05, 4.69) is 57.0 Å². The fraction of sp³-hybridized carbons (Fsp3) is 0.167. The smallest absolute Gasteiger partial charge is 0.197 e. The summed E-state index contributed by atoms with van der Waals surface area (Å²) in [6.45, 7) is 6.28. The molecule has 0 unspecified atom stereocenters. The Labute approximate surface area is 183 Å². The third-order valence-corrected chi connectivity index (χ3v) is 6.56. The van der Waals surface area contributed by atoms with Gasteiger partial charge in [-0.05, 0) is 59.5 Å². The summed E-state index contributed by atoms with van der Waals surface area (Å²) in [6, 6.07) is 15.3. The molecule has 144 valence electrons. The minimum Gasteiger partial charge on any atom is -0.308 e. The van der Waals surface area contributed by atoms with Crippen molar-refractivity contribution in [1.82, 2.24) is 4.40 Å². The van der Waals surface area contributed by atoms with Crippen LogP contribution in [0.2, 0.25) is 0 Å². The number of hydrogen-bond acceptors (Lipinski definition) is 2. The molecule has 3 nitrogen and oxygen atoms in total. The average molecular weight is 511 g/mol. The van der Waals surface area contributed by atoms with Crippen LogP contribution in [-0.2, 0) is 5.41 Å². The molecule has 3 aromatic carbocycles. The van der Waals surface area contributed by atoms with E-state index < -0.39 is 0 Å². The number of halogens is 2. The maximum absolute atomic E-state index is 13.5. The summed E-state index contributed by atoms with van der Waals surface area (Å²) in [6.07, 6.45) is 0. The van der Waals surface area contributed by atoms with Gasteiger partial charge in [-0.1, -0.05) is 52.6 Å². The van der Waals surface area contributed by atoms with Gasteiger partial charge in [0.15, 0.2) is 10.9 Å². The van der Waals surface area contributed by atoms with Crippen molar-refractivity contribution < 1.29 is 0 Å². The maximum Gasteiger partial charge on any atom is 0.197 e. The standard InChI is InChI=1S/C24H17Br2NO2/c1-24(2,3)12-8-17-21-18(9-12)23(29)16-11-14(26)5-7-20(16)27(21)19-6-4-13(25)10-15(19)22(17)28/h4-11H,1-3H3. The van der Waals surface area contributed by atoms with Crippen LogP contribution in [0.4, 0.5) is 0 Å². The van der Waals surface area contributed by atoms with Crippen LogP contribution in [0, 0.1) is 0 Å². The van der Waals surface area contributed by atoms with Crippen LogP contribution in [0.5, 0.6) is 0 Å². The van der Waals surface area contributed by atoms with E-state index in [0.29, 0.717) is 27.1 Å². The summed E-state index contributed by atoms with van der Waals surface area (Å²) >= 11 is 6.99. The summed E-state index contributed by atoms with van der Waals surface area (Å²) in [7, 11) is 0. The molecule has 5 heteroatoms. The van der Waals surface area contributed by atoms with Gasteiger partial charge in [0.05, 0.1) is 16.6 Å². The van der Waals surface area contributed by atoms with Crippen molar-refractivity contribution in [3.8, 4) is 0 Å². The maximum atomic E-state index is 13.5. The number of aromatic nitrogens is 1. The predicted octanol–water partition coefficient (Wildman–Crippen LogP) is 6.38. The lowest BCUT2D eigenvalue weighted by Gasteiger charge is -2.22. The Morgan fingerprint density at radius 2 is 1.14 bits per heavy atom. The fourth-order valence-corrected chi connectivity index (χ4v) is 4.81. The molecule has 0 aliphatic heterocycles. The lowest BCUT2D eigenvalue weighted by Crippen LogP contribution is -2.18. The van der Waals surface area contributed by atoms with E-state index in [1.165, 1.54) is 0 Å². The Morgan fingerprint density at radius 1 is 0.690 bits per heavy atom. The molecular weight excluding hydrogens is 494 g/mol. The van der Waals surface area contributed by atoms with Gasteiger partial charge in [0.1, 0.15) is 0 Å². The average Bonchev–Trinajstić information content (AvgIpc) is 2.67. The highest BCUT2D eigenvalue weighted by Crippen LogP contribution is 2.32. The number of fused-ring (bicyclic) bond motifs is 4. The zero-order valence-corrected chi connectivity index (χ0v) is 19.3. The first-order chi connectivity index (χ1) is 13.7. The van der Waals surface area contributed by atoms with Crippen molar-refractivity contribution in [3.05, 3.63) is 83.5 Å². The number of hydrogen-bond donors (Lipinski definition) is 0. The Bertz CT molecular complexity index is 1490. The van der Waals surface area contributed by atoms with Crippen LogP contribution in [0.3, 0.4) is 0 Å². The molecule has 0 atom stereocenters. The summed E-state index contributed by atoms with van der Waals surface area (Å²) in [4.78, 5) is 27.0. The molecule has 5 aromatic rings. The third-order valence-electron chi connectivity index (χ3n) is 5.58. The molecule has 2 heterocycles. The summed E-state index contributed by atoms with van der Waals surface area (Å²) in [5.74, 6) is 0. The van der Waals surface area contributed by atoms with Crippen molar-refractivity contribution in [2.75, 3.05) is 0 Å². The molecule has 0 aliphatic rings. The van der Waals surface area contributed by atoms with Crippen molar-refractivity contribution in [2.24, 2.45) is 0 Å². The van der Waals surface area contributed by atoms with Gasteiger partial charge in [0.2, 0.25) is 0 Å². The SMILES string of the molecule is CC(C)(C)c1cc2c(=O)c3cc(Br)ccc3n3c4ccc(Br)cc4c(=O)c(c1)c23. The summed E-state index contributed by atoms with van der Waals surface area (Å²) in [5.41, 5.74) is 2.98. The highest BCUT2D eigenvalue weighted by molar-refractivity contribution is 9.10. The molecule has 2 aromatic heterocycles. The van der Waals surface area contributed by atoms with Crippen molar-refractivity contribution in [1.29, 1.82) is 0 Å². The highest BCUT2D eigenvalue weighted by atomic mass is 79.9. The molecule has 0 saturated heterocycles. The van der Waals surface area contributed by atoms with Crippen LogP contribution < -0.4 is 10.9 Å². The number of nitrogens with zero attached hydrogens (tertiary/aromatic N) is 1. The van der Waals surface area contributed by atoms with Crippen LogP contribution in [-0.4, -0.2) is 4.40 Å². The van der Waals surface area contributed by atoms with Crippen molar-refractivity contribution in [2.45, 2.75) is 26.2 Å². The molecule has 0 N–H and O–H groups in total. The van der Waals surface area contributed by atoms with E-state index in [1.54, 1.807) is 0 Å². The molecule has 0 radical (unpaired) electrons. The van der Waals surface area contributed by atoms with E-state index in [0.717, 1.165) is 25.5 Å². The van der Waals surface area contributed by atoms with Crippen molar-refractivity contribution >= 4 is 70.0 Å². The highest BCUT2D eigenvalue weighted by Gasteiger charge is 2.22. The van der Waals surface area contributed by atoms with Gasteiger partial charge in [-0.3, -0.25) is 9.59 Å². The molecule has 0 amide bonds. The number of rotatable bonds is 0. The van der Waals surface area contributed by atoms with Gasteiger partial charge in [0, 0.05) is 30.5 Å². The molecule has 0 spiro atoms. The first kappa shape index (κ1) is 18.8. The Kier molecular flexibility index (Phi) is 3.97. The predicted molar refractivity (Wildman–Crippen MR) is 128 cm³/mol. The second-order valence-electron chi connectivity index (χ2n) is 8.49. The molecule has 29 heavy (non-hydrogen) atoms. The lowest BCUT2D eigenvalue weighted by atomic mass is 9.85. The summed E-state index contributed by atoms with van der Waals surface area (Å²) < 4.78 is 3.76. The zero-order chi connectivity index (χ0) is 20.7. The normalized spacial score (nSPS) is 12.6. The monoisotopic (exact) mass is 509 g/mol. The van der Waals surface area contributed by atoms with Gasteiger partial charge in [-0.2, -0.15) is 0 Å². The second-order valence-corrected chi connectivity index (χ2v) is 10.3. The van der Waals surface area contributed by atoms with E-state index in [-0.39, 0.29) is 16.3 Å². The quantitative estimate of drug-likeness (QED) is 0.179. The Morgan fingerprint density at radius 3 is 1.55 bits per heavy atom. The third kappa shape index (κ3) is 2.67. The van der Waals surface area contributed by atoms with Crippen LogP contribution in [0.25, 0.3) is 38.1 Å². The van der Waals surface area contributed by atoms with Crippen LogP contribution in [0.15, 0.2) is 67.1 Å². The minimum absolute atomic E-state index is 0.0479. The lowest BCUT2D eigenvalue weighted by molar-refractivity contribution is 0.591. The molecule has 5 rings (SSSR count). The van der Waals surface area contributed by atoms with Gasteiger partial charge < -0.3 is 4.40 Å². The van der Waals surface area contributed by atoms with Gasteiger partial charge in [-0.15, -0.1) is 0 Å². The second kappa shape index (κ2) is 6.13. The first-order valence-electron chi connectivity index (χ1n) is 9.34. The Balaban J connectivity index is 2.24. The van der Waals surface area contributed by atoms with E-state index >= 15 is 0 Å². The van der Waals surface area contributed by atoms with E-state index in [4.69, 9.17) is 0 Å². The van der Waals surface area contributed by atoms with Gasteiger partial charge >= 0.3 is 0 Å². The molecular formula is C24H17Br2NO2. The zero-order valence-electron chi connectivity index (χ0n) is 16.1. The van der Waals surface area contributed by atoms with Gasteiger partial charge in [0.25, 0.3) is 0 Å². The first-order valence-corrected chi connectivity index (χ1v) is 10.9. The van der Waals surface area contributed by atoms with Crippen LogP contribution >= 0.6 is 31.9 Å². The van der Waals surface area contributed by atoms with E-state index in [9.17, 15) is 9.59 Å². The topological polar surface area (TPSA) is 38.5 Å². The number of pyridine rings is 2. The van der Waals surface area contributed by atoms with Crippen LogP contribution in [0.1, 0.15) is 26.3 Å². The molecule has 0 fully saturated rings.